The van der Waals surface area contributed by atoms with Crippen LogP contribution in [0.2, 0.25) is 0 Å². The van der Waals surface area contributed by atoms with Gasteiger partial charge in [-0.25, -0.2) is 4.57 Å². The van der Waals surface area contributed by atoms with Crippen molar-refractivity contribution in [1.29, 1.82) is 0 Å². The molecular formula is C22H45NO8P+. The second-order valence-electron chi connectivity index (χ2n) is 9.03. The first-order valence-electron chi connectivity index (χ1n) is 11.8. The van der Waals surface area contributed by atoms with Crippen molar-refractivity contribution in [3.8, 4) is 0 Å². The van der Waals surface area contributed by atoms with E-state index in [0.29, 0.717) is 17.4 Å². The van der Waals surface area contributed by atoms with Gasteiger partial charge < -0.3 is 18.9 Å². The van der Waals surface area contributed by atoms with Crippen LogP contribution in [0.3, 0.4) is 0 Å². The molecule has 0 heterocycles. The Morgan fingerprint density at radius 3 is 2.03 bits per heavy atom. The van der Waals surface area contributed by atoms with Gasteiger partial charge in [-0.3, -0.25) is 18.6 Å². The van der Waals surface area contributed by atoms with Crippen molar-refractivity contribution in [2.24, 2.45) is 0 Å². The van der Waals surface area contributed by atoms with Gasteiger partial charge in [-0.05, 0) is 12.8 Å². The van der Waals surface area contributed by atoms with E-state index in [2.05, 4.69) is 6.92 Å². The maximum Gasteiger partial charge on any atom is 0.472 e. The maximum atomic E-state index is 12.1. The highest BCUT2D eigenvalue weighted by Crippen LogP contribution is 2.43. The summed E-state index contributed by atoms with van der Waals surface area (Å²) in [5.74, 6) is -0.846. The van der Waals surface area contributed by atoms with Crippen LogP contribution in [0.5, 0.6) is 0 Å². The van der Waals surface area contributed by atoms with E-state index in [-0.39, 0.29) is 32.0 Å². The molecule has 190 valence electrons. The van der Waals surface area contributed by atoms with Crippen molar-refractivity contribution in [3.63, 3.8) is 0 Å². The standard InChI is InChI=1S/C22H44NO8P/c1-6-8-10-11-13-14-21(24)28-18-20(31-22(25)15-12-9-7-2)19-30-32(26,27)29-17-16-23(3,4)5/h20H,6-19H2,1-5H3/p+1. The number of carbonyl (C=O) groups is 2. The van der Waals surface area contributed by atoms with Crippen molar-refractivity contribution in [1.82, 2.24) is 0 Å². The summed E-state index contributed by atoms with van der Waals surface area (Å²) in [6, 6.07) is 0. The third-order valence-electron chi connectivity index (χ3n) is 4.64. The molecule has 2 unspecified atom stereocenters. The zero-order valence-corrected chi connectivity index (χ0v) is 21.6. The highest BCUT2D eigenvalue weighted by Gasteiger charge is 2.26. The van der Waals surface area contributed by atoms with E-state index in [4.69, 9.17) is 18.5 Å². The summed E-state index contributed by atoms with van der Waals surface area (Å²) in [4.78, 5) is 33.9. The van der Waals surface area contributed by atoms with E-state index in [0.717, 1.165) is 44.9 Å². The Balaban J connectivity index is 4.60. The predicted molar refractivity (Wildman–Crippen MR) is 123 cm³/mol. The van der Waals surface area contributed by atoms with Crippen LogP contribution in [0.25, 0.3) is 0 Å². The molecule has 0 saturated carbocycles. The van der Waals surface area contributed by atoms with E-state index in [1.54, 1.807) is 0 Å². The van der Waals surface area contributed by atoms with Crippen molar-refractivity contribution in [3.05, 3.63) is 0 Å². The SMILES string of the molecule is CCCCCCCC(=O)OCC(COP(=O)(O)OCC[N+](C)(C)C)OC(=O)CCCCC. The summed E-state index contributed by atoms with van der Waals surface area (Å²) < 4.78 is 33.2. The number of nitrogens with zero attached hydrogens (tertiary/aromatic N) is 1. The van der Waals surface area contributed by atoms with Crippen LogP contribution >= 0.6 is 7.82 Å². The Hall–Kier alpha value is -0.990. The number of likely N-dealkylation sites (N-methyl/N-ethyl adjacent to an activating group) is 1. The number of hydrogen-bond acceptors (Lipinski definition) is 7. The number of rotatable bonds is 20. The molecule has 0 aliphatic rings. The molecular weight excluding hydrogens is 437 g/mol. The number of quaternary nitrogens is 1. The Kier molecular flexibility index (Phi) is 16.9. The number of ether oxygens (including phenoxy) is 2. The van der Waals surface area contributed by atoms with Crippen molar-refractivity contribution in [2.75, 3.05) is 47.5 Å². The largest absolute Gasteiger partial charge is 0.472 e. The van der Waals surface area contributed by atoms with Crippen LogP contribution in [0.4, 0.5) is 0 Å². The van der Waals surface area contributed by atoms with Crippen LogP contribution in [-0.4, -0.2) is 74.9 Å². The van der Waals surface area contributed by atoms with Gasteiger partial charge in [0.25, 0.3) is 0 Å². The number of phosphoric acid groups is 1. The van der Waals surface area contributed by atoms with Gasteiger partial charge in [-0.1, -0.05) is 52.4 Å². The minimum absolute atomic E-state index is 0.0335. The average molecular weight is 483 g/mol. The third-order valence-corrected chi connectivity index (χ3v) is 5.62. The predicted octanol–water partition coefficient (Wildman–Crippen LogP) is 4.22. The smallest absolute Gasteiger partial charge is 0.462 e. The number of unbranched alkanes of at least 4 members (excludes halogenated alkanes) is 6. The molecule has 0 bridgehead atoms. The van der Waals surface area contributed by atoms with Crippen molar-refractivity contribution < 1.29 is 42.1 Å². The molecule has 0 aliphatic heterocycles. The number of phosphoric ester groups is 1. The van der Waals surface area contributed by atoms with E-state index >= 15 is 0 Å². The Morgan fingerprint density at radius 1 is 0.844 bits per heavy atom. The lowest BCUT2D eigenvalue weighted by atomic mass is 10.1. The minimum atomic E-state index is -4.32. The molecule has 0 aromatic carbocycles. The lowest BCUT2D eigenvalue weighted by Gasteiger charge is -2.24. The Bertz CT molecular complexity index is 565. The zero-order valence-electron chi connectivity index (χ0n) is 20.7. The lowest BCUT2D eigenvalue weighted by molar-refractivity contribution is -0.870. The van der Waals surface area contributed by atoms with Crippen LogP contribution in [0.1, 0.15) is 78.1 Å². The molecule has 10 heteroatoms. The van der Waals surface area contributed by atoms with Gasteiger partial charge in [0.2, 0.25) is 0 Å². The fourth-order valence-electron chi connectivity index (χ4n) is 2.66. The molecule has 1 N–H and O–H groups in total. The maximum absolute atomic E-state index is 12.1. The Labute approximate surface area is 193 Å². The van der Waals surface area contributed by atoms with Crippen LogP contribution in [-0.2, 0) is 32.7 Å². The van der Waals surface area contributed by atoms with Crippen molar-refractivity contribution in [2.45, 2.75) is 84.2 Å². The molecule has 0 rings (SSSR count). The molecule has 0 radical (unpaired) electrons. The first-order valence-corrected chi connectivity index (χ1v) is 13.3. The molecule has 32 heavy (non-hydrogen) atoms. The highest BCUT2D eigenvalue weighted by molar-refractivity contribution is 7.47. The van der Waals surface area contributed by atoms with Gasteiger partial charge in [0.15, 0.2) is 6.10 Å². The van der Waals surface area contributed by atoms with E-state index < -0.39 is 26.5 Å². The fraction of sp³-hybridized carbons (Fsp3) is 0.909. The van der Waals surface area contributed by atoms with Gasteiger partial charge in [-0.2, -0.15) is 0 Å². The molecule has 9 nitrogen and oxygen atoms in total. The molecule has 0 spiro atoms. The van der Waals surface area contributed by atoms with E-state index in [1.807, 2.05) is 28.1 Å². The third kappa shape index (κ3) is 19.7. The number of hydrogen-bond donors (Lipinski definition) is 1. The lowest BCUT2D eigenvalue weighted by Crippen LogP contribution is -2.37. The normalized spacial score (nSPS) is 14.6. The van der Waals surface area contributed by atoms with Crippen LogP contribution < -0.4 is 0 Å². The van der Waals surface area contributed by atoms with Gasteiger partial charge in [-0.15, -0.1) is 0 Å². The highest BCUT2D eigenvalue weighted by atomic mass is 31.2. The van der Waals surface area contributed by atoms with E-state index in [9.17, 15) is 19.0 Å². The molecule has 0 amide bonds. The second-order valence-corrected chi connectivity index (χ2v) is 10.5. The monoisotopic (exact) mass is 482 g/mol. The van der Waals surface area contributed by atoms with Gasteiger partial charge >= 0.3 is 19.8 Å². The molecule has 0 aromatic heterocycles. The average Bonchev–Trinajstić information content (AvgIpc) is 2.69. The topological polar surface area (TPSA) is 108 Å². The molecule has 0 fully saturated rings. The fourth-order valence-corrected chi connectivity index (χ4v) is 3.40. The zero-order chi connectivity index (χ0) is 24.5. The minimum Gasteiger partial charge on any atom is -0.462 e. The summed E-state index contributed by atoms with van der Waals surface area (Å²) in [6.07, 6.45) is 7.13. The van der Waals surface area contributed by atoms with Gasteiger partial charge in [0.1, 0.15) is 19.8 Å². The molecule has 0 saturated heterocycles. The first-order chi connectivity index (χ1) is 15.0. The van der Waals surface area contributed by atoms with Gasteiger partial charge in [0, 0.05) is 12.8 Å². The first kappa shape index (κ1) is 31.0. The quantitative estimate of drug-likeness (QED) is 0.119. The number of esters is 2. The summed E-state index contributed by atoms with van der Waals surface area (Å²) >= 11 is 0. The summed E-state index contributed by atoms with van der Waals surface area (Å²) in [7, 11) is 1.47. The van der Waals surface area contributed by atoms with E-state index in [1.165, 1.54) is 0 Å². The molecule has 2 atom stereocenters. The summed E-state index contributed by atoms with van der Waals surface area (Å²) in [6.45, 7) is 4.07. The van der Waals surface area contributed by atoms with Crippen molar-refractivity contribution >= 4 is 19.8 Å². The van der Waals surface area contributed by atoms with Crippen LogP contribution in [0.15, 0.2) is 0 Å². The number of carbonyl (C=O) groups excluding carboxylic acids is 2. The van der Waals surface area contributed by atoms with Gasteiger partial charge in [0.05, 0.1) is 27.7 Å². The summed E-state index contributed by atoms with van der Waals surface area (Å²) in [5.41, 5.74) is 0. The molecule has 0 aliphatic carbocycles. The molecule has 0 aromatic rings. The second kappa shape index (κ2) is 17.5. The Morgan fingerprint density at radius 2 is 1.41 bits per heavy atom. The van der Waals surface area contributed by atoms with Crippen LogP contribution in [0, 0.1) is 0 Å². The summed E-state index contributed by atoms with van der Waals surface area (Å²) in [5, 5.41) is 0.